The largest absolute Gasteiger partial charge is 0.465 e. The molecule has 23 heavy (non-hydrogen) atoms. The highest BCUT2D eigenvalue weighted by Gasteiger charge is 2.11. The summed E-state index contributed by atoms with van der Waals surface area (Å²) in [6, 6.07) is 0. The van der Waals surface area contributed by atoms with Crippen LogP contribution < -0.4 is 0 Å². The van der Waals surface area contributed by atoms with E-state index >= 15 is 0 Å². The molecule has 2 unspecified atom stereocenters. The molecule has 2 atom stereocenters. The van der Waals surface area contributed by atoms with Crippen molar-refractivity contribution in [1.82, 2.24) is 0 Å². The van der Waals surface area contributed by atoms with Crippen molar-refractivity contribution in [3.8, 4) is 23.7 Å². The van der Waals surface area contributed by atoms with Crippen molar-refractivity contribution in [2.45, 2.75) is 32.8 Å². The Morgan fingerprint density at radius 2 is 1.91 bits per heavy atom. The van der Waals surface area contributed by atoms with Crippen LogP contribution in [0.1, 0.15) is 26.7 Å². The Morgan fingerprint density at radius 3 is 2.57 bits per heavy atom. The molecule has 0 amide bonds. The molecule has 4 heteroatoms. The predicted octanol–water partition coefficient (Wildman–Crippen LogP) is 1.99. The molecule has 4 nitrogen and oxygen atoms in total. The minimum absolute atomic E-state index is 0.0358. The van der Waals surface area contributed by atoms with Crippen LogP contribution in [0.5, 0.6) is 0 Å². The molecule has 0 rings (SSSR count). The van der Waals surface area contributed by atoms with Gasteiger partial charge in [-0.25, -0.2) is 0 Å². The van der Waals surface area contributed by atoms with Gasteiger partial charge in [-0.05, 0) is 30.4 Å². The molecule has 0 aromatic rings. The molecule has 0 saturated carbocycles. The SMILES string of the molecule is CCC(C)C(=O)OCCC(O)C=CC=CC#CC#CC=CCO. The van der Waals surface area contributed by atoms with Crippen LogP contribution in [0.2, 0.25) is 0 Å². The van der Waals surface area contributed by atoms with Crippen LogP contribution in [0.25, 0.3) is 0 Å². The van der Waals surface area contributed by atoms with E-state index in [0.717, 1.165) is 6.42 Å². The number of esters is 1. The van der Waals surface area contributed by atoms with E-state index < -0.39 is 6.10 Å². The second-order valence-corrected chi connectivity index (χ2v) is 4.70. The van der Waals surface area contributed by atoms with E-state index in [1.165, 1.54) is 12.2 Å². The van der Waals surface area contributed by atoms with Crippen molar-refractivity contribution >= 4 is 5.97 Å². The van der Waals surface area contributed by atoms with Gasteiger partial charge in [-0.15, -0.1) is 0 Å². The second-order valence-electron chi connectivity index (χ2n) is 4.70. The third-order valence-electron chi connectivity index (χ3n) is 2.81. The van der Waals surface area contributed by atoms with E-state index in [1.54, 1.807) is 24.3 Å². The molecule has 0 bridgehead atoms. The maximum atomic E-state index is 11.4. The number of aliphatic hydroxyl groups excluding tert-OH is 2. The van der Waals surface area contributed by atoms with Crippen molar-refractivity contribution < 1.29 is 19.7 Å². The third-order valence-corrected chi connectivity index (χ3v) is 2.81. The zero-order chi connectivity index (χ0) is 17.3. The highest BCUT2D eigenvalue weighted by atomic mass is 16.5. The molecule has 0 aliphatic carbocycles. The van der Waals surface area contributed by atoms with Crippen LogP contribution in [-0.4, -0.2) is 35.5 Å². The summed E-state index contributed by atoms with van der Waals surface area (Å²) in [7, 11) is 0. The van der Waals surface area contributed by atoms with E-state index in [0.29, 0.717) is 6.42 Å². The van der Waals surface area contributed by atoms with Gasteiger partial charge in [-0.1, -0.05) is 50.0 Å². The van der Waals surface area contributed by atoms with Crippen LogP contribution in [0, 0.1) is 29.6 Å². The Morgan fingerprint density at radius 1 is 1.22 bits per heavy atom. The Balaban J connectivity index is 3.96. The normalized spacial score (nSPS) is 13.4. The zero-order valence-corrected chi connectivity index (χ0v) is 13.7. The smallest absolute Gasteiger partial charge is 0.308 e. The van der Waals surface area contributed by atoms with E-state index in [4.69, 9.17) is 9.84 Å². The van der Waals surface area contributed by atoms with Gasteiger partial charge in [0.05, 0.1) is 25.2 Å². The number of hydrogen-bond acceptors (Lipinski definition) is 4. The average Bonchev–Trinajstić information content (AvgIpc) is 2.55. The molecule has 124 valence electrons. The van der Waals surface area contributed by atoms with Gasteiger partial charge in [0, 0.05) is 6.42 Å². The number of ether oxygens (including phenoxy) is 1. The summed E-state index contributed by atoms with van der Waals surface area (Å²) < 4.78 is 5.06. The molecule has 2 N–H and O–H groups in total. The Bertz CT molecular complexity index is 535. The number of allylic oxidation sites excluding steroid dienone is 4. The first-order valence-electron chi connectivity index (χ1n) is 7.56. The minimum atomic E-state index is -0.666. The van der Waals surface area contributed by atoms with Gasteiger partial charge >= 0.3 is 5.97 Å². The monoisotopic (exact) mass is 316 g/mol. The number of carbonyl (C=O) groups excluding carboxylic acids is 1. The maximum Gasteiger partial charge on any atom is 0.308 e. The highest BCUT2D eigenvalue weighted by Crippen LogP contribution is 2.04. The number of carbonyl (C=O) groups is 1. The highest BCUT2D eigenvalue weighted by molar-refractivity contribution is 5.71. The van der Waals surface area contributed by atoms with Crippen molar-refractivity contribution in [1.29, 1.82) is 0 Å². The lowest BCUT2D eigenvalue weighted by molar-refractivity contribution is -0.148. The number of hydrogen-bond donors (Lipinski definition) is 2. The maximum absolute atomic E-state index is 11.4. The lowest BCUT2D eigenvalue weighted by Gasteiger charge is -2.10. The van der Waals surface area contributed by atoms with Crippen molar-refractivity contribution in [2.75, 3.05) is 13.2 Å². The van der Waals surface area contributed by atoms with Crippen LogP contribution in [0.4, 0.5) is 0 Å². The van der Waals surface area contributed by atoms with E-state index in [2.05, 4.69) is 23.7 Å². The third kappa shape index (κ3) is 13.1. The fourth-order valence-corrected chi connectivity index (χ4v) is 1.25. The number of aliphatic hydroxyl groups is 2. The first kappa shape index (κ1) is 20.7. The lowest BCUT2D eigenvalue weighted by atomic mass is 10.1. The zero-order valence-electron chi connectivity index (χ0n) is 13.7. The summed E-state index contributed by atoms with van der Waals surface area (Å²) in [6.07, 6.45) is 10.1. The lowest BCUT2D eigenvalue weighted by Crippen LogP contribution is -2.17. The summed E-state index contributed by atoms with van der Waals surface area (Å²) in [4.78, 5) is 11.4. The number of rotatable bonds is 8. The molecule has 0 heterocycles. The van der Waals surface area contributed by atoms with Crippen LogP contribution in [0.3, 0.4) is 0 Å². The van der Waals surface area contributed by atoms with Gasteiger partial charge in [-0.2, -0.15) is 0 Å². The molecule has 0 saturated heterocycles. The molecule has 0 aromatic heterocycles. The molecular formula is C19H24O4. The standard InChI is InChI=1S/C19H24O4/c1-3-17(2)19(22)23-16-14-18(21)13-11-9-7-5-4-6-8-10-12-15-20/h7,9-13,17-18,20-21H,3,14-16H2,1-2H3. The minimum Gasteiger partial charge on any atom is -0.465 e. The van der Waals surface area contributed by atoms with E-state index in [9.17, 15) is 9.90 Å². The Labute approximate surface area is 138 Å². The molecule has 0 aromatic carbocycles. The Kier molecular flexibility index (Phi) is 13.2. The van der Waals surface area contributed by atoms with Crippen molar-refractivity contribution in [2.24, 2.45) is 5.92 Å². The van der Waals surface area contributed by atoms with Gasteiger partial charge in [0.25, 0.3) is 0 Å². The van der Waals surface area contributed by atoms with Crippen molar-refractivity contribution in [3.05, 3.63) is 36.5 Å². The van der Waals surface area contributed by atoms with Crippen LogP contribution in [0.15, 0.2) is 36.5 Å². The summed E-state index contributed by atoms with van der Waals surface area (Å²) in [5.41, 5.74) is 0. The molecule has 0 spiro atoms. The topological polar surface area (TPSA) is 66.8 Å². The molecule has 0 radical (unpaired) electrons. The van der Waals surface area contributed by atoms with Gasteiger partial charge in [0.1, 0.15) is 0 Å². The summed E-state index contributed by atoms with van der Waals surface area (Å²) in [6.45, 7) is 3.91. The van der Waals surface area contributed by atoms with Gasteiger partial charge in [0.15, 0.2) is 0 Å². The fourth-order valence-electron chi connectivity index (χ4n) is 1.25. The quantitative estimate of drug-likeness (QED) is 0.408. The molecular weight excluding hydrogens is 292 g/mol. The van der Waals surface area contributed by atoms with E-state index in [1.807, 2.05) is 13.8 Å². The van der Waals surface area contributed by atoms with Crippen LogP contribution in [-0.2, 0) is 9.53 Å². The van der Waals surface area contributed by atoms with Crippen LogP contribution >= 0.6 is 0 Å². The van der Waals surface area contributed by atoms with E-state index in [-0.39, 0.29) is 25.1 Å². The fraction of sp³-hybridized carbons (Fsp3) is 0.421. The first-order valence-corrected chi connectivity index (χ1v) is 7.56. The van der Waals surface area contributed by atoms with Gasteiger partial charge < -0.3 is 14.9 Å². The van der Waals surface area contributed by atoms with Gasteiger partial charge in [-0.3, -0.25) is 4.79 Å². The average molecular weight is 316 g/mol. The van der Waals surface area contributed by atoms with Gasteiger partial charge in [0.2, 0.25) is 0 Å². The molecule has 0 aliphatic heterocycles. The van der Waals surface area contributed by atoms with Crippen molar-refractivity contribution in [3.63, 3.8) is 0 Å². The molecule has 0 aliphatic rings. The molecule has 0 fully saturated rings. The predicted molar refractivity (Wildman–Crippen MR) is 91.1 cm³/mol. The second kappa shape index (κ2) is 14.7. The first-order chi connectivity index (χ1) is 11.1. The summed E-state index contributed by atoms with van der Waals surface area (Å²) in [5.74, 6) is 10.2. The summed E-state index contributed by atoms with van der Waals surface area (Å²) >= 11 is 0. The summed E-state index contributed by atoms with van der Waals surface area (Å²) in [5, 5.41) is 18.2. The Hall–Kier alpha value is -2.27.